The molecule has 0 spiro atoms. The van der Waals surface area contributed by atoms with Crippen LogP contribution in [0, 0.1) is 17.5 Å². The lowest BCUT2D eigenvalue weighted by Crippen LogP contribution is -2.07. The molecule has 3 aromatic rings. The van der Waals surface area contributed by atoms with E-state index in [2.05, 4.69) is 9.97 Å². The second kappa shape index (κ2) is 4.83. The number of rotatable bonds is 2. The zero-order valence-corrected chi connectivity index (χ0v) is 12.0. The van der Waals surface area contributed by atoms with Crippen LogP contribution in [0.25, 0.3) is 11.0 Å². The molecule has 102 valence electrons. The average Bonchev–Trinajstić information content (AvgIpc) is 2.77. The smallest absolute Gasteiger partial charge is 0.178 e. The lowest BCUT2D eigenvalue weighted by atomic mass is 10.1. The molecule has 0 amide bonds. The van der Waals surface area contributed by atoms with Crippen LogP contribution in [0.1, 0.15) is 24.1 Å². The van der Waals surface area contributed by atoms with Crippen molar-refractivity contribution in [2.24, 2.45) is 0 Å². The van der Waals surface area contributed by atoms with Gasteiger partial charge >= 0.3 is 0 Å². The van der Waals surface area contributed by atoms with E-state index in [9.17, 15) is 4.39 Å². The molecule has 0 bridgehead atoms. The highest BCUT2D eigenvalue weighted by Crippen LogP contribution is 2.25. The van der Waals surface area contributed by atoms with E-state index >= 15 is 0 Å². The molecule has 0 aliphatic carbocycles. The summed E-state index contributed by atoms with van der Waals surface area (Å²) >= 11 is 5.37. The summed E-state index contributed by atoms with van der Waals surface area (Å²) in [5.41, 5.74) is 3.39. The Labute approximate surface area is 121 Å². The van der Waals surface area contributed by atoms with Crippen molar-refractivity contribution in [3.05, 3.63) is 58.4 Å². The molecule has 0 aliphatic rings. The van der Waals surface area contributed by atoms with Crippen molar-refractivity contribution < 1.29 is 4.39 Å². The van der Waals surface area contributed by atoms with E-state index in [1.165, 1.54) is 0 Å². The predicted octanol–water partition coefficient (Wildman–Crippen LogP) is 4.15. The summed E-state index contributed by atoms with van der Waals surface area (Å²) in [5.74, 6) is -0.192. The maximum absolute atomic E-state index is 13.7. The minimum atomic E-state index is -0.192. The number of nitrogens with one attached hydrogen (secondary N) is 1. The van der Waals surface area contributed by atoms with Crippen LogP contribution in [0.2, 0.25) is 0 Å². The zero-order valence-electron chi connectivity index (χ0n) is 11.2. The summed E-state index contributed by atoms with van der Waals surface area (Å²) in [6.07, 6.45) is 3.47. The number of hydrogen-bond donors (Lipinski definition) is 1. The summed E-state index contributed by atoms with van der Waals surface area (Å²) in [6, 6.07) is 7.16. The molecule has 0 radical (unpaired) electrons. The molecule has 0 saturated heterocycles. The van der Waals surface area contributed by atoms with Crippen LogP contribution < -0.4 is 0 Å². The first-order chi connectivity index (χ1) is 9.58. The molecule has 20 heavy (non-hydrogen) atoms. The van der Waals surface area contributed by atoms with Gasteiger partial charge in [-0.2, -0.15) is 0 Å². The zero-order chi connectivity index (χ0) is 14.3. The van der Waals surface area contributed by atoms with Gasteiger partial charge in [0.2, 0.25) is 0 Å². The largest absolute Gasteiger partial charge is 0.329 e. The van der Waals surface area contributed by atoms with E-state index in [0.29, 0.717) is 10.3 Å². The topological polar surface area (TPSA) is 33.6 Å². The lowest BCUT2D eigenvalue weighted by molar-refractivity contribution is 0.600. The van der Waals surface area contributed by atoms with Crippen LogP contribution in [0.15, 0.2) is 36.7 Å². The summed E-state index contributed by atoms with van der Waals surface area (Å²) in [5, 5.41) is 0. The summed E-state index contributed by atoms with van der Waals surface area (Å²) in [4.78, 5) is 7.20. The molecular formula is C15H14FN3S. The SMILES string of the molecule is Cc1ccc(C(C)n2c(=S)[nH]c3cnccc32)cc1F. The van der Waals surface area contributed by atoms with Crippen LogP contribution >= 0.6 is 12.2 Å². The summed E-state index contributed by atoms with van der Waals surface area (Å²) in [6.45, 7) is 3.76. The summed E-state index contributed by atoms with van der Waals surface area (Å²) < 4.78 is 16.3. The molecule has 1 atom stereocenters. The van der Waals surface area contributed by atoms with Gasteiger partial charge in [0.25, 0.3) is 0 Å². The Morgan fingerprint density at radius 1 is 1.35 bits per heavy atom. The Morgan fingerprint density at radius 2 is 2.15 bits per heavy atom. The van der Waals surface area contributed by atoms with Crippen LogP contribution in [-0.2, 0) is 0 Å². The number of nitrogens with zero attached hydrogens (tertiary/aromatic N) is 2. The van der Waals surface area contributed by atoms with Gasteiger partial charge in [-0.1, -0.05) is 12.1 Å². The van der Waals surface area contributed by atoms with E-state index in [4.69, 9.17) is 12.2 Å². The van der Waals surface area contributed by atoms with Gasteiger partial charge in [-0.05, 0) is 49.3 Å². The van der Waals surface area contributed by atoms with Crippen LogP contribution in [0.4, 0.5) is 4.39 Å². The fourth-order valence-corrected chi connectivity index (χ4v) is 2.75. The third-order valence-corrected chi connectivity index (χ3v) is 3.88. The maximum Gasteiger partial charge on any atom is 0.178 e. The average molecular weight is 287 g/mol. The predicted molar refractivity (Wildman–Crippen MR) is 79.9 cm³/mol. The number of aromatic amines is 1. The number of fused-ring (bicyclic) bond motifs is 1. The first-order valence-electron chi connectivity index (χ1n) is 6.38. The Bertz CT molecular complexity index is 834. The molecule has 1 N–H and O–H groups in total. The van der Waals surface area contributed by atoms with Gasteiger partial charge < -0.3 is 9.55 Å². The van der Waals surface area contributed by atoms with Crippen molar-refractivity contribution in [2.75, 3.05) is 0 Å². The van der Waals surface area contributed by atoms with Crippen molar-refractivity contribution in [2.45, 2.75) is 19.9 Å². The fourth-order valence-electron chi connectivity index (χ4n) is 2.38. The number of imidazole rings is 1. The van der Waals surface area contributed by atoms with Gasteiger partial charge in [0.15, 0.2) is 4.77 Å². The van der Waals surface area contributed by atoms with Gasteiger partial charge in [0.1, 0.15) is 5.82 Å². The van der Waals surface area contributed by atoms with Gasteiger partial charge in [-0.15, -0.1) is 0 Å². The number of aryl methyl sites for hydroxylation is 1. The number of pyridine rings is 1. The van der Waals surface area contributed by atoms with E-state index < -0.39 is 0 Å². The van der Waals surface area contributed by atoms with Gasteiger partial charge in [0.05, 0.1) is 23.3 Å². The number of aromatic nitrogens is 3. The molecule has 3 nitrogen and oxygen atoms in total. The lowest BCUT2D eigenvalue weighted by Gasteiger charge is -2.15. The van der Waals surface area contributed by atoms with Gasteiger partial charge in [-0.3, -0.25) is 4.98 Å². The van der Waals surface area contributed by atoms with E-state index in [-0.39, 0.29) is 11.9 Å². The molecule has 5 heteroatoms. The van der Waals surface area contributed by atoms with Gasteiger partial charge in [-0.25, -0.2) is 4.39 Å². The molecule has 0 aliphatic heterocycles. The molecule has 1 aromatic carbocycles. The van der Waals surface area contributed by atoms with Crippen molar-refractivity contribution in [3.8, 4) is 0 Å². The van der Waals surface area contributed by atoms with E-state index in [1.807, 2.05) is 23.6 Å². The van der Waals surface area contributed by atoms with E-state index in [0.717, 1.165) is 16.6 Å². The third kappa shape index (κ3) is 2.04. The van der Waals surface area contributed by atoms with Gasteiger partial charge in [0, 0.05) is 6.20 Å². The van der Waals surface area contributed by atoms with Crippen LogP contribution in [0.5, 0.6) is 0 Å². The third-order valence-electron chi connectivity index (χ3n) is 3.58. The monoisotopic (exact) mass is 287 g/mol. The first-order valence-corrected chi connectivity index (χ1v) is 6.79. The molecule has 3 rings (SSSR count). The Morgan fingerprint density at radius 3 is 2.90 bits per heavy atom. The molecule has 0 fully saturated rings. The molecular weight excluding hydrogens is 273 g/mol. The minimum absolute atomic E-state index is 0.0475. The molecule has 0 saturated carbocycles. The molecule has 2 aromatic heterocycles. The Hall–Kier alpha value is -2.01. The standard InChI is InChI=1S/C15H14FN3S/c1-9-3-4-11(7-12(9)16)10(2)19-14-5-6-17-8-13(14)18-15(19)20/h3-8,10H,1-2H3,(H,18,20). The molecule has 2 heterocycles. The second-order valence-corrected chi connectivity index (χ2v) is 5.26. The highest BCUT2D eigenvalue weighted by Gasteiger charge is 2.14. The summed E-state index contributed by atoms with van der Waals surface area (Å²) in [7, 11) is 0. The van der Waals surface area contributed by atoms with Crippen molar-refractivity contribution in [1.29, 1.82) is 0 Å². The highest BCUT2D eigenvalue weighted by molar-refractivity contribution is 7.71. The Balaban J connectivity index is 2.17. The van der Waals surface area contributed by atoms with Crippen molar-refractivity contribution in [3.63, 3.8) is 0 Å². The van der Waals surface area contributed by atoms with Crippen LogP contribution in [0.3, 0.4) is 0 Å². The number of H-pyrrole nitrogens is 1. The first kappa shape index (κ1) is 13.0. The molecule has 1 unspecified atom stereocenters. The fraction of sp³-hybridized carbons (Fsp3) is 0.200. The van der Waals surface area contributed by atoms with Crippen molar-refractivity contribution in [1.82, 2.24) is 14.5 Å². The second-order valence-electron chi connectivity index (χ2n) is 4.88. The minimum Gasteiger partial charge on any atom is -0.329 e. The number of benzene rings is 1. The number of halogens is 1. The van der Waals surface area contributed by atoms with Crippen LogP contribution in [-0.4, -0.2) is 14.5 Å². The van der Waals surface area contributed by atoms with Crippen molar-refractivity contribution >= 4 is 23.3 Å². The maximum atomic E-state index is 13.7. The normalized spacial score (nSPS) is 12.8. The van der Waals surface area contributed by atoms with E-state index in [1.54, 1.807) is 31.5 Å². The Kier molecular flexibility index (Phi) is 3.14. The quantitative estimate of drug-likeness (QED) is 0.718. The highest BCUT2D eigenvalue weighted by atomic mass is 32.1. The number of hydrogen-bond acceptors (Lipinski definition) is 2.